The number of methoxy groups -OCH3 is 3. The molecule has 1 atom stereocenters. The van der Waals surface area contributed by atoms with Gasteiger partial charge in [0.05, 0.1) is 0 Å². The van der Waals surface area contributed by atoms with Gasteiger partial charge in [-0.3, -0.25) is 0 Å². The van der Waals surface area contributed by atoms with E-state index in [2.05, 4.69) is 4.99 Å². The summed E-state index contributed by atoms with van der Waals surface area (Å²) in [6.07, 6.45) is 1.83. The zero-order valence-electron chi connectivity index (χ0n) is 8.36. The van der Waals surface area contributed by atoms with Crippen LogP contribution >= 0.6 is 0 Å². The molecule has 0 aliphatic heterocycles. The van der Waals surface area contributed by atoms with E-state index in [0.29, 0.717) is 6.42 Å². The highest BCUT2D eigenvalue weighted by Crippen LogP contribution is 2.19. The van der Waals surface area contributed by atoms with Gasteiger partial charge >= 0.3 is 0 Å². The van der Waals surface area contributed by atoms with E-state index in [4.69, 9.17) is 14.2 Å². The average Bonchev–Trinajstić information content (AvgIpc) is 2.17. The van der Waals surface area contributed by atoms with Crippen LogP contribution < -0.4 is 0 Å². The van der Waals surface area contributed by atoms with Crippen LogP contribution in [0.2, 0.25) is 0 Å². The fourth-order valence-electron chi connectivity index (χ4n) is 0.903. The van der Waals surface area contributed by atoms with E-state index in [1.54, 1.807) is 7.11 Å². The molecule has 0 rings (SSSR count). The summed E-state index contributed by atoms with van der Waals surface area (Å²) in [5.74, 6) is -1.23. The molecule has 0 aromatic heterocycles. The van der Waals surface area contributed by atoms with Crippen LogP contribution in [0.15, 0.2) is 4.99 Å². The third-order valence-electron chi connectivity index (χ3n) is 1.80. The highest BCUT2D eigenvalue weighted by Gasteiger charge is 2.31. The van der Waals surface area contributed by atoms with Gasteiger partial charge in [-0.25, -0.2) is 4.79 Å². The predicted molar refractivity (Wildman–Crippen MR) is 50.2 cm³/mol. The van der Waals surface area contributed by atoms with Gasteiger partial charge in [-0.05, 0) is 0 Å². The monoisotopic (exact) mass is 205 g/mol. The molecule has 0 aliphatic carbocycles. The molecule has 0 heterocycles. The summed E-state index contributed by atoms with van der Waals surface area (Å²) in [5.41, 5.74) is 0.0250. The summed E-state index contributed by atoms with van der Waals surface area (Å²) < 4.78 is 15.0. The summed E-state index contributed by atoms with van der Waals surface area (Å²) >= 11 is 0. The Morgan fingerprint density at radius 3 is 2.31 bits per heavy atom. The number of hydrogen-bond acceptors (Lipinski definition) is 5. The molecule has 5 nitrogen and oxygen atoms in total. The third kappa shape index (κ3) is 3.80. The van der Waals surface area contributed by atoms with Crippen molar-refractivity contribution in [2.75, 3.05) is 21.3 Å². The lowest BCUT2D eigenvalue weighted by atomic mass is 10.3. The maximum absolute atomic E-state index is 10.1. The van der Waals surface area contributed by atoms with Crippen molar-refractivity contribution in [2.45, 2.75) is 18.1 Å². The standard InChI is InChI=1S/C7H15NO4Si/c1-10-6(13)4-7(11-2,12-3)8-5-9/h6H,4H2,1-3,13H3. The topological polar surface area (TPSA) is 57.1 Å². The molecular weight excluding hydrogens is 190 g/mol. The molecule has 13 heavy (non-hydrogen) atoms. The van der Waals surface area contributed by atoms with Crippen molar-refractivity contribution in [1.29, 1.82) is 0 Å². The molecule has 0 aromatic carbocycles. The minimum Gasteiger partial charge on any atom is -0.386 e. The molecule has 0 saturated carbocycles. The minimum absolute atomic E-state index is 0.0250. The summed E-state index contributed by atoms with van der Waals surface area (Å²) in [6.45, 7) is 0. The van der Waals surface area contributed by atoms with E-state index in [1.807, 2.05) is 0 Å². The first-order valence-electron chi connectivity index (χ1n) is 3.86. The molecule has 0 aliphatic rings. The van der Waals surface area contributed by atoms with Crippen LogP contribution in [0.1, 0.15) is 6.42 Å². The van der Waals surface area contributed by atoms with Gasteiger partial charge in [0.2, 0.25) is 6.08 Å². The van der Waals surface area contributed by atoms with Crippen LogP contribution in [0.4, 0.5) is 0 Å². The van der Waals surface area contributed by atoms with Crippen molar-refractivity contribution >= 4 is 16.3 Å². The molecule has 0 spiro atoms. The second kappa shape index (κ2) is 6.01. The number of ether oxygens (including phenoxy) is 3. The van der Waals surface area contributed by atoms with Crippen molar-refractivity contribution in [2.24, 2.45) is 4.99 Å². The maximum atomic E-state index is 10.1. The van der Waals surface area contributed by atoms with Crippen LogP contribution in [-0.4, -0.2) is 49.3 Å². The van der Waals surface area contributed by atoms with Crippen molar-refractivity contribution < 1.29 is 19.0 Å². The lowest BCUT2D eigenvalue weighted by Crippen LogP contribution is -2.36. The van der Waals surface area contributed by atoms with Crippen LogP contribution in [0.25, 0.3) is 0 Å². The largest absolute Gasteiger partial charge is 0.386 e. The highest BCUT2D eigenvalue weighted by molar-refractivity contribution is 6.11. The Labute approximate surface area is 80.5 Å². The Morgan fingerprint density at radius 2 is 2.00 bits per heavy atom. The molecule has 0 amide bonds. The highest BCUT2D eigenvalue weighted by atomic mass is 28.1. The van der Waals surface area contributed by atoms with Gasteiger partial charge < -0.3 is 14.2 Å². The van der Waals surface area contributed by atoms with E-state index >= 15 is 0 Å². The van der Waals surface area contributed by atoms with Gasteiger partial charge in [-0.2, -0.15) is 0 Å². The summed E-state index contributed by atoms with van der Waals surface area (Å²) in [5, 5.41) is 0. The summed E-state index contributed by atoms with van der Waals surface area (Å²) in [6, 6.07) is 0. The molecule has 0 bridgehead atoms. The van der Waals surface area contributed by atoms with Gasteiger partial charge in [0.1, 0.15) is 0 Å². The zero-order valence-corrected chi connectivity index (χ0v) is 10.4. The second-order valence-corrected chi connectivity index (χ2v) is 3.86. The predicted octanol–water partition coefficient (Wildman–Crippen LogP) is -1.00. The Kier molecular flexibility index (Phi) is 5.77. The smallest absolute Gasteiger partial charge is 0.281 e. The lowest BCUT2D eigenvalue weighted by molar-refractivity contribution is -0.212. The zero-order chi connectivity index (χ0) is 10.3. The number of isocyanates is 1. The fraction of sp³-hybridized carbons (Fsp3) is 0.857. The van der Waals surface area contributed by atoms with Gasteiger partial charge in [0, 0.05) is 43.7 Å². The van der Waals surface area contributed by atoms with Crippen LogP contribution in [0, 0.1) is 0 Å². The van der Waals surface area contributed by atoms with Crippen molar-refractivity contribution in [3.8, 4) is 0 Å². The minimum atomic E-state index is -1.23. The van der Waals surface area contributed by atoms with E-state index in [9.17, 15) is 4.79 Å². The van der Waals surface area contributed by atoms with E-state index < -0.39 is 5.91 Å². The van der Waals surface area contributed by atoms with Crippen LogP contribution in [0.5, 0.6) is 0 Å². The van der Waals surface area contributed by atoms with Gasteiger partial charge in [-0.1, -0.05) is 0 Å². The maximum Gasteiger partial charge on any atom is 0.281 e. The molecule has 0 radical (unpaired) electrons. The molecule has 0 saturated heterocycles. The third-order valence-corrected chi connectivity index (χ3v) is 2.68. The van der Waals surface area contributed by atoms with Gasteiger partial charge in [0.15, 0.2) is 0 Å². The number of aliphatic imine (C=N–C) groups is 1. The summed E-state index contributed by atoms with van der Waals surface area (Å²) in [7, 11) is 5.26. The Balaban J connectivity index is 4.46. The normalized spacial score (nSPS) is 13.8. The molecular formula is C7H15NO4Si. The SMILES string of the molecule is COC([SiH3])CC(N=C=O)(OC)OC. The van der Waals surface area contributed by atoms with Crippen molar-refractivity contribution in [3.05, 3.63) is 0 Å². The second-order valence-electron chi connectivity index (χ2n) is 2.57. The first-order chi connectivity index (χ1) is 6.14. The molecule has 0 N–H and O–H groups in total. The number of carbonyl (C=O) groups excluding carboxylic acids is 1. The lowest BCUT2D eigenvalue weighted by Gasteiger charge is -2.26. The molecule has 0 aromatic rings. The number of hydrogen-bond donors (Lipinski definition) is 0. The first kappa shape index (κ1) is 12.5. The molecule has 1 unspecified atom stereocenters. The van der Waals surface area contributed by atoms with Crippen molar-refractivity contribution in [3.63, 3.8) is 0 Å². The molecule has 0 fully saturated rings. The van der Waals surface area contributed by atoms with E-state index in [1.165, 1.54) is 20.3 Å². The number of rotatable bonds is 6. The average molecular weight is 205 g/mol. The number of nitrogens with zero attached hydrogens (tertiary/aromatic N) is 1. The quantitative estimate of drug-likeness (QED) is 0.241. The summed E-state index contributed by atoms with van der Waals surface area (Å²) in [4.78, 5) is 13.6. The Morgan fingerprint density at radius 1 is 1.46 bits per heavy atom. The van der Waals surface area contributed by atoms with E-state index in [0.717, 1.165) is 10.2 Å². The van der Waals surface area contributed by atoms with Gasteiger partial charge in [-0.15, -0.1) is 4.99 Å². The van der Waals surface area contributed by atoms with Crippen molar-refractivity contribution in [1.82, 2.24) is 0 Å². The van der Waals surface area contributed by atoms with Gasteiger partial charge in [0.25, 0.3) is 5.91 Å². The fourth-order valence-corrected chi connectivity index (χ4v) is 1.42. The Hall–Kier alpha value is -0.523. The van der Waals surface area contributed by atoms with Crippen LogP contribution in [-0.2, 0) is 19.0 Å². The Bertz CT molecular complexity index is 189. The van der Waals surface area contributed by atoms with Crippen LogP contribution in [0.3, 0.4) is 0 Å². The van der Waals surface area contributed by atoms with E-state index in [-0.39, 0.29) is 5.73 Å². The molecule has 6 heteroatoms. The molecule has 76 valence electrons. The first-order valence-corrected chi connectivity index (χ1v) is 5.01.